The monoisotopic (exact) mass is 445 g/mol. The molecule has 32 heavy (non-hydrogen) atoms. The van der Waals surface area contributed by atoms with Crippen LogP contribution in [0.1, 0.15) is 22.3 Å². The molecule has 0 radical (unpaired) electrons. The predicted molar refractivity (Wildman–Crippen MR) is 110 cm³/mol. The zero-order chi connectivity index (χ0) is 23.7. The van der Waals surface area contributed by atoms with Crippen molar-refractivity contribution in [3.05, 3.63) is 45.9 Å². The number of benzene rings is 1. The highest BCUT2D eigenvalue weighted by Gasteiger charge is 2.59. The minimum absolute atomic E-state index is 0.00528. The number of fused-ring (bicyclic) bond motifs is 3. The third kappa shape index (κ3) is 2.71. The van der Waals surface area contributed by atoms with Gasteiger partial charge in [-0.25, -0.2) is 0 Å². The highest BCUT2D eigenvalue weighted by molar-refractivity contribution is 6.15. The molecule has 1 amide bonds. The number of phenols is 1. The van der Waals surface area contributed by atoms with Crippen molar-refractivity contribution in [2.75, 3.05) is 19.0 Å². The van der Waals surface area contributed by atoms with Crippen molar-refractivity contribution in [2.45, 2.75) is 18.6 Å². The molecular formula is C21H23N3O8. The average molecular weight is 445 g/mol. The van der Waals surface area contributed by atoms with Gasteiger partial charge < -0.3 is 41.4 Å². The maximum Gasteiger partial charge on any atom is 0.253 e. The van der Waals surface area contributed by atoms with Crippen LogP contribution in [-0.4, -0.2) is 68.0 Å². The van der Waals surface area contributed by atoms with Crippen LogP contribution in [0.15, 0.2) is 40.0 Å². The predicted octanol–water partition coefficient (Wildman–Crippen LogP) is 0.0835. The number of aliphatic hydroxyl groups is 4. The molecule has 1 aromatic rings. The van der Waals surface area contributed by atoms with E-state index in [2.05, 4.69) is 5.16 Å². The first-order valence-corrected chi connectivity index (χ1v) is 9.83. The number of nitrogens with zero attached hydrogens (tertiary/aromatic N) is 2. The van der Waals surface area contributed by atoms with E-state index in [-0.39, 0.29) is 29.7 Å². The van der Waals surface area contributed by atoms with Crippen LogP contribution in [0.5, 0.6) is 5.75 Å². The number of hydrogen-bond acceptors (Lipinski definition) is 10. The maximum atomic E-state index is 13.4. The molecule has 0 heterocycles. The molecule has 11 heteroatoms. The molecule has 170 valence electrons. The van der Waals surface area contributed by atoms with E-state index in [4.69, 9.17) is 5.73 Å². The van der Waals surface area contributed by atoms with Crippen molar-refractivity contribution in [2.24, 2.45) is 28.6 Å². The van der Waals surface area contributed by atoms with Gasteiger partial charge in [0.05, 0.1) is 11.5 Å². The molecule has 0 fully saturated rings. The summed E-state index contributed by atoms with van der Waals surface area (Å²) in [5.41, 5.74) is 4.77. The summed E-state index contributed by atoms with van der Waals surface area (Å²) in [6.07, 6.45) is 0.192. The number of nitrogens with two attached hydrogens (primary N) is 1. The SMILES string of the molecule is CN(C)c1ccc(O)c2c1C[C@H]1CC3/C(=N/O)C(O)=C(C(N)=O)C(O)(O)C3C(O)=C1C2=O. The second kappa shape index (κ2) is 6.97. The van der Waals surface area contributed by atoms with Crippen LogP contribution in [0.25, 0.3) is 0 Å². The fourth-order valence-electron chi connectivity index (χ4n) is 5.29. The standard InChI is InChI=1S/C21H23N3O8/c1-24(2)10-3-4-11(25)13-8(10)5-7-6-9-14(18(27)12(7)17(13)26)21(30,31)15(20(22)29)19(28)16(9)23-32/h3-4,7,9,14,25,27-28,30-32H,5-6H2,1-2H3,(H2,22,29)/b23-16-/t7-,9?,14?/m0/s1. The van der Waals surface area contributed by atoms with Gasteiger partial charge in [-0.3, -0.25) is 9.59 Å². The molecule has 8 N–H and O–H groups in total. The van der Waals surface area contributed by atoms with Crippen molar-refractivity contribution in [3.63, 3.8) is 0 Å². The van der Waals surface area contributed by atoms with E-state index in [0.29, 0.717) is 11.3 Å². The molecule has 3 aliphatic carbocycles. The summed E-state index contributed by atoms with van der Waals surface area (Å²) in [6, 6.07) is 3.02. The molecule has 0 saturated heterocycles. The number of oxime groups is 1. The molecule has 11 nitrogen and oxygen atoms in total. The number of aromatic hydroxyl groups is 1. The van der Waals surface area contributed by atoms with Gasteiger partial charge in [-0.2, -0.15) is 0 Å². The number of carbonyl (C=O) groups excluding carboxylic acids is 2. The zero-order valence-electron chi connectivity index (χ0n) is 17.3. The van der Waals surface area contributed by atoms with Gasteiger partial charge in [0.15, 0.2) is 11.5 Å². The van der Waals surface area contributed by atoms with Crippen LogP contribution in [0.4, 0.5) is 5.69 Å². The number of rotatable bonds is 2. The summed E-state index contributed by atoms with van der Waals surface area (Å²) in [6.45, 7) is 0. The quantitative estimate of drug-likeness (QED) is 0.187. The van der Waals surface area contributed by atoms with Gasteiger partial charge in [-0.15, -0.1) is 0 Å². The third-order valence-corrected chi connectivity index (χ3v) is 6.58. The van der Waals surface area contributed by atoms with E-state index in [1.807, 2.05) is 0 Å². The molecular weight excluding hydrogens is 422 g/mol. The summed E-state index contributed by atoms with van der Waals surface area (Å²) in [5, 5.41) is 65.8. The van der Waals surface area contributed by atoms with Crippen molar-refractivity contribution < 1.29 is 40.3 Å². The lowest BCUT2D eigenvalue weighted by atomic mass is 9.60. The van der Waals surface area contributed by atoms with Crippen molar-refractivity contribution >= 4 is 23.1 Å². The Morgan fingerprint density at radius 2 is 1.88 bits per heavy atom. The Hall–Kier alpha value is -3.57. The minimum atomic E-state index is -3.13. The Bertz CT molecular complexity index is 1150. The lowest BCUT2D eigenvalue weighted by molar-refractivity contribution is -0.184. The summed E-state index contributed by atoms with van der Waals surface area (Å²) < 4.78 is 0. The number of primary amides is 1. The fourth-order valence-corrected chi connectivity index (χ4v) is 5.29. The van der Waals surface area contributed by atoms with E-state index in [1.165, 1.54) is 6.07 Å². The molecule has 4 rings (SSSR count). The summed E-state index contributed by atoms with van der Waals surface area (Å²) in [7, 11) is 3.54. The van der Waals surface area contributed by atoms with Gasteiger partial charge in [-0.05, 0) is 36.5 Å². The third-order valence-electron chi connectivity index (χ3n) is 6.58. The molecule has 3 atom stereocenters. The van der Waals surface area contributed by atoms with Crippen molar-refractivity contribution in [1.29, 1.82) is 0 Å². The number of phenolic OH excluding ortho intramolecular Hbond substituents is 1. The van der Waals surface area contributed by atoms with Gasteiger partial charge in [0, 0.05) is 31.3 Å². The Kier molecular flexibility index (Phi) is 4.72. The van der Waals surface area contributed by atoms with Crippen LogP contribution in [0.2, 0.25) is 0 Å². The number of carbonyl (C=O) groups is 2. The van der Waals surface area contributed by atoms with Crippen LogP contribution in [0.3, 0.4) is 0 Å². The van der Waals surface area contributed by atoms with E-state index in [0.717, 1.165) is 0 Å². The van der Waals surface area contributed by atoms with Crippen molar-refractivity contribution in [3.8, 4) is 5.75 Å². The summed E-state index contributed by atoms with van der Waals surface area (Å²) in [4.78, 5) is 27.0. The topological polar surface area (TPSA) is 197 Å². The molecule has 1 aromatic carbocycles. The Morgan fingerprint density at radius 1 is 1.22 bits per heavy atom. The number of anilines is 1. The lowest BCUT2D eigenvalue weighted by Crippen LogP contribution is -2.57. The highest BCUT2D eigenvalue weighted by Crippen LogP contribution is 2.53. The van der Waals surface area contributed by atoms with Crippen LogP contribution >= 0.6 is 0 Å². The van der Waals surface area contributed by atoms with Crippen LogP contribution < -0.4 is 10.6 Å². The molecule has 0 aliphatic heterocycles. The first-order chi connectivity index (χ1) is 14.9. The smallest absolute Gasteiger partial charge is 0.253 e. The second-order valence-electron chi connectivity index (χ2n) is 8.50. The lowest BCUT2D eigenvalue weighted by Gasteiger charge is -2.46. The van der Waals surface area contributed by atoms with Gasteiger partial charge in [0.25, 0.3) is 5.91 Å². The van der Waals surface area contributed by atoms with E-state index < -0.39 is 58.0 Å². The number of Topliss-reactive ketones (excluding diaryl/α,β-unsaturated/α-hetero) is 1. The molecule has 0 saturated carbocycles. The molecule has 0 spiro atoms. The van der Waals surface area contributed by atoms with Gasteiger partial charge >= 0.3 is 0 Å². The van der Waals surface area contributed by atoms with Gasteiger partial charge in [0.2, 0.25) is 5.79 Å². The Balaban J connectivity index is 1.96. The van der Waals surface area contributed by atoms with E-state index in [1.54, 1.807) is 25.1 Å². The summed E-state index contributed by atoms with van der Waals surface area (Å²) in [5.74, 6) is -10.7. The largest absolute Gasteiger partial charge is 0.511 e. The van der Waals surface area contributed by atoms with Gasteiger partial charge in [-0.1, -0.05) is 5.16 Å². The maximum absolute atomic E-state index is 13.4. The Labute approximate surface area is 182 Å². The van der Waals surface area contributed by atoms with Gasteiger partial charge in [0.1, 0.15) is 22.8 Å². The summed E-state index contributed by atoms with van der Waals surface area (Å²) >= 11 is 0. The Morgan fingerprint density at radius 3 is 2.44 bits per heavy atom. The second-order valence-corrected chi connectivity index (χ2v) is 8.50. The minimum Gasteiger partial charge on any atom is -0.511 e. The van der Waals surface area contributed by atoms with Crippen LogP contribution in [0, 0.1) is 17.8 Å². The molecule has 0 aromatic heterocycles. The average Bonchev–Trinajstić information content (AvgIpc) is 2.66. The zero-order valence-corrected chi connectivity index (χ0v) is 17.3. The molecule has 0 bridgehead atoms. The molecule has 3 aliphatic rings. The number of ketones is 1. The number of allylic oxidation sites excluding steroid dienone is 2. The fraction of sp³-hybridized carbons (Fsp3) is 0.381. The van der Waals surface area contributed by atoms with Crippen LogP contribution in [-0.2, 0) is 11.2 Å². The van der Waals surface area contributed by atoms with Crippen molar-refractivity contribution in [1.82, 2.24) is 0 Å². The number of aliphatic hydroxyl groups excluding tert-OH is 2. The highest BCUT2D eigenvalue weighted by atomic mass is 16.5. The first-order valence-electron chi connectivity index (χ1n) is 9.83. The molecule has 2 unspecified atom stereocenters. The van der Waals surface area contributed by atoms with E-state index >= 15 is 0 Å². The first kappa shape index (κ1) is 21.7. The number of amides is 1. The normalized spacial score (nSPS) is 27.7. The number of hydrogen-bond donors (Lipinski definition) is 7. The van der Waals surface area contributed by atoms with E-state index in [9.17, 15) is 40.3 Å².